The summed E-state index contributed by atoms with van der Waals surface area (Å²) in [5.41, 5.74) is 2.30. The van der Waals surface area contributed by atoms with Crippen molar-refractivity contribution in [1.29, 1.82) is 0 Å². The summed E-state index contributed by atoms with van der Waals surface area (Å²) in [6, 6.07) is 8.15. The van der Waals surface area contributed by atoms with Crippen molar-refractivity contribution >= 4 is 5.97 Å². The van der Waals surface area contributed by atoms with E-state index in [0.717, 1.165) is 36.3 Å². The minimum absolute atomic E-state index is 0.160. The summed E-state index contributed by atoms with van der Waals surface area (Å²) >= 11 is 0. The lowest BCUT2D eigenvalue weighted by Crippen LogP contribution is -2.21. The summed E-state index contributed by atoms with van der Waals surface area (Å²) in [7, 11) is 0. The van der Waals surface area contributed by atoms with E-state index in [1.54, 1.807) is 10.8 Å². The number of aliphatic carboxylic acids is 1. The third-order valence-electron chi connectivity index (χ3n) is 4.90. The molecule has 0 bridgehead atoms. The van der Waals surface area contributed by atoms with Gasteiger partial charge in [-0.2, -0.15) is 18.2 Å². The molecule has 1 unspecified atom stereocenters. The molecule has 2 aromatic heterocycles. The second-order valence-corrected chi connectivity index (χ2v) is 7.27. The molecule has 1 aliphatic rings. The highest BCUT2D eigenvalue weighted by molar-refractivity contribution is 5.73. The van der Waals surface area contributed by atoms with Gasteiger partial charge in [-0.1, -0.05) is 17.3 Å². The lowest BCUT2D eigenvalue weighted by Gasteiger charge is -2.06. The Labute approximate surface area is 180 Å². The van der Waals surface area contributed by atoms with Crippen molar-refractivity contribution in [3.63, 3.8) is 0 Å². The number of halogens is 3. The Hall–Kier alpha value is -3.41. The Bertz CT molecular complexity index is 1110. The maximum Gasteiger partial charge on any atom is 0.490 e. The summed E-state index contributed by atoms with van der Waals surface area (Å²) in [5, 5.41) is 14.7. The molecule has 0 saturated carbocycles. The molecule has 0 radical (unpaired) electrons. The van der Waals surface area contributed by atoms with Crippen molar-refractivity contribution in [2.24, 2.45) is 0 Å². The molecule has 4 rings (SSSR count). The molecular formula is C20H22F3N5O4. The molecule has 12 heteroatoms. The quantitative estimate of drug-likeness (QED) is 0.542. The largest absolute Gasteiger partial charge is 0.490 e. The van der Waals surface area contributed by atoms with E-state index >= 15 is 0 Å². The Morgan fingerprint density at radius 1 is 1.38 bits per heavy atom. The average Bonchev–Trinajstić information content (AvgIpc) is 3.48. The van der Waals surface area contributed by atoms with Crippen LogP contribution in [-0.2, 0) is 11.2 Å². The fourth-order valence-corrected chi connectivity index (χ4v) is 3.33. The average molecular weight is 453 g/mol. The van der Waals surface area contributed by atoms with Gasteiger partial charge in [0.2, 0.25) is 11.7 Å². The summed E-state index contributed by atoms with van der Waals surface area (Å²) in [4.78, 5) is 28.1. The number of carboxylic acids is 1. The smallest absolute Gasteiger partial charge is 0.475 e. The fourth-order valence-electron chi connectivity index (χ4n) is 3.33. The van der Waals surface area contributed by atoms with Crippen LogP contribution in [0.2, 0.25) is 0 Å². The van der Waals surface area contributed by atoms with E-state index in [2.05, 4.69) is 20.4 Å². The Morgan fingerprint density at radius 3 is 2.72 bits per heavy atom. The number of H-pyrrole nitrogens is 1. The van der Waals surface area contributed by atoms with Crippen molar-refractivity contribution in [2.75, 3.05) is 6.54 Å². The van der Waals surface area contributed by atoms with Crippen LogP contribution >= 0.6 is 0 Å². The van der Waals surface area contributed by atoms with Crippen molar-refractivity contribution in [3.8, 4) is 17.1 Å². The Kier molecular flexibility index (Phi) is 7.13. The van der Waals surface area contributed by atoms with E-state index in [1.807, 2.05) is 31.2 Å². The van der Waals surface area contributed by atoms with Crippen LogP contribution in [0.3, 0.4) is 0 Å². The number of nitrogens with zero attached hydrogens (tertiary/aromatic N) is 3. The van der Waals surface area contributed by atoms with Gasteiger partial charge >= 0.3 is 17.8 Å². The molecule has 3 N–H and O–H groups in total. The number of hydrogen-bond donors (Lipinski definition) is 3. The number of carboxylic acid groups (broad SMARTS) is 1. The number of imidazole rings is 1. The van der Waals surface area contributed by atoms with Gasteiger partial charge in [0.25, 0.3) is 0 Å². The molecule has 32 heavy (non-hydrogen) atoms. The Balaban J connectivity index is 0.000000360. The summed E-state index contributed by atoms with van der Waals surface area (Å²) in [6.07, 6.45) is 0.858. The highest BCUT2D eigenvalue weighted by Crippen LogP contribution is 2.21. The number of benzene rings is 1. The number of aromatic nitrogens is 4. The molecule has 0 spiro atoms. The highest BCUT2D eigenvalue weighted by Gasteiger charge is 2.38. The van der Waals surface area contributed by atoms with Crippen molar-refractivity contribution in [3.05, 3.63) is 52.5 Å². The van der Waals surface area contributed by atoms with E-state index in [1.165, 1.54) is 12.8 Å². The predicted octanol–water partition coefficient (Wildman–Crippen LogP) is 2.84. The van der Waals surface area contributed by atoms with Gasteiger partial charge < -0.3 is 19.9 Å². The first-order valence-electron chi connectivity index (χ1n) is 9.89. The number of carbonyl (C=O) groups is 1. The van der Waals surface area contributed by atoms with E-state index < -0.39 is 12.1 Å². The van der Waals surface area contributed by atoms with E-state index in [-0.39, 0.29) is 5.69 Å². The molecule has 1 atom stereocenters. The van der Waals surface area contributed by atoms with Crippen molar-refractivity contribution in [2.45, 2.75) is 44.8 Å². The molecule has 9 nitrogen and oxygen atoms in total. The summed E-state index contributed by atoms with van der Waals surface area (Å²) in [5.74, 6) is -1.55. The molecule has 1 aliphatic heterocycles. The molecule has 0 aliphatic carbocycles. The van der Waals surface area contributed by atoms with Crippen molar-refractivity contribution in [1.82, 2.24) is 25.0 Å². The standard InChI is InChI=1S/C18H21N5O2.C2HF3O2/c1-12-11-20-18(24)23(12)15-6-2-4-13(10-15)17-21-16(25-22-17)8-7-14-5-3-9-19-14;3-2(4,5)1(6)7/h2,4,6,10-11,14,19H,3,5,7-9H2,1H3,(H,20,24);(H,6,7). The van der Waals surface area contributed by atoms with Gasteiger partial charge in [0.15, 0.2) is 0 Å². The predicted molar refractivity (Wildman–Crippen MR) is 107 cm³/mol. The zero-order valence-electron chi connectivity index (χ0n) is 17.1. The summed E-state index contributed by atoms with van der Waals surface area (Å²) in [6.45, 7) is 2.98. The second kappa shape index (κ2) is 9.81. The zero-order chi connectivity index (χ0) is 23.3. The van der Waals surface area contributed by atoms with Crippen LogP contribution in [0, 0.1) is 6.92 Å². The highest BCUT2D eigenvalue weighted by atomic mass is 19.4. The van der Waals surface area contributed by atoms with Crippen LogP contribution in [0.15, 0.2) is 39.8 Å². The molecule has 1 saturated heterocycles. The molecule has 0 amide bonds. The maximum absolute atomic E-state index is 12.0. The van der Waals surface area contributed by atoms with Gasteiger partial charge in [0.1, 0.15) is 0 Å². The van der Waals surface area contributed by atoms with E-state index in [4.69, 9.17) is 14.4 Å². The van der Waals surface area contributed by atoms with Gasteiger partial charge in [-0.25, -0.2) is 9.59 Å². The van der Waals surface area contributed by atoms with Crippen LogP contribution in [0.25, 0.3) is 17.1 Å². The van der Waals surface area contributed by atoms with E-state index in [0.29, 0.717) is 17.8 Å². The monoisotopic (exact) mass is 453 g/mol. The summed E-state index contributed by atoms with van der Waals surface area (Å²) < 4.78 is 38.8. The maximum atomic E-state index is 12.0. The van der Waals surface area contributed by atoms with Gasteiger partial charge in [-0.3, -0.25) is 4.57 Å². The molecule has 172 valence electrons. The van der Waals surface area contributed by atoms with Crippen LogP contribution in [0.5, 0.6) is 0 Å². The molecule has 1 aromatic carbocycles. The third-order valence-corrected chi connectivity index (χ3v) is 4.90. The first-order chi connectivity index (χ1) is 15.1. The lowest BCUT2D eigenvalue weighted by molar-refractivity contribution is -0.192. The van der Waals surface area contributed by atoms with Crippen LogP contribution < -0.4 is 11.0 Å². The molecule has 3 aromatic rings. The van der Waals surface area contributed by atoms with Gasteiger partial charge in [-0.05, 0) is 44.9 Å². The number of nitrogens with one attached hydrogen (secondary N) is 2. The first kappa shape index (κ1) is 23.3. The minimum atomic E-state index is -5.08. The Morgan fingerprint density at radius 2 is 2.12 bits per heavy atom. The molecular weight excluding hydrogens is 431 g/mol. The number of aromatic amines is 1. The van der Waals surface area contributed by atoms with Crippen LogP contribution in [0.4, 0.5) is 13.2 Å². The van der Waals surface area contributed by atoms with Gasteiger partial charge in [0.05, 0.1) is 5.69 Å². The zero-order valence-corrected chi connectivity index (χ0v) is 17.1. The second-order valence-electron chi connectivity index (χ2n) is 7.27. The number of rotatable bonds is 5. The normalized spacial score (nSPS) is 15.9. The van der Waals surface area contributed by atoms with E-state index in [9.17, 15) is 18.0 Å². The number of hydrogen-bond acceptors (Lipinski definition) is 6. The first-order valence-corrected chi connectivity index (χ1v) is 9.89. The molecule has 1 fully saturated rings. The third kappa shape index (κ3) is 5.84. The van der Waals surface area contributed by atoms with Crippen LogP contribution in [-0.4, -0.2) is 49.5 Å². The lowest BCUT2D eigenvalue weighted by atomic mass is 10.1. The topological polar surface area (TPSA) is 126 Å². The number of aryl methyl sites for hydroxylation is 2. The van der Waals surface area contributed by atoms with Crippen LogP contribution in [0.1, 0.15) is 30.8 Å². The SMILES string of the molecule is Cc1c[nH]c(=O)n1-c1cccc(-c2noc(CCC3CCCN3)n2)c1.O=C(O)C(F)(F)F. The van der Waals surface area contributed by atoms with Gasteiger partial charge in [-0.15, -0.1) is 0 Å². The number of alkyl halides is 3. The molecule has 3 heterocycles. The van der Waals surface area contributed by atoms with Gasteiger partial charge in [0, 0.05) is 29.9 Å². The fraction of sp³-hybridized carbons (Fsp3) is 0.400. The minimum Gasteiger partial charge on any atom is -0.475 e. The van der Waals surface area contributed by atoms with Crippen molar-refractivity contribution < 1.29 is 27.6 Å².